The van der Waals surface area contributed by atoms with Gasteiger partial charge in [-0.1, -0.05) is 11.6 Å². The van der Waals surface area contributed by atoms with E-state index >= 15 is 0 Å². The molecule has 10 heteroatoms. The van der Waals surface area contributed by atoms with Crippen LogP contribution in [0, 0.1) is 23.5 Å². The predicted molar refractivity (Wildman–Crippen MR) is 128 cm³/mol. The number of benzene rings is 2. The Balaban J connectivity index is 1.58. The molecule has 0 spiro atoms. The molecule has 2 bridgehead atoms. The Morgan fingerprint density at radius 1 is 1.11 bits per heavy atom. The topological polar surface area (TPSA) is 104 Å². The van der Waals surface area contributed by atoms with Gasteiger partial charge < -0.3 is 15.5 Å². The monoisotopic (exact) mass is 527 g/mol. The number of nitrogens with one attached hydrogen (secondary N) is 1. The Labute approximate surface area is 208 Å². The quantitative estimate of drug-likeness (QED) is 0.504. The molecule has 4 rings (SSSR count). The van der Waals surface area contributed by atoms with Crippen molar-refractivity contribution in [3.05, 3.63) is 58.6 Å². The van der Waals surface area contributed by atoms with E-state index in [4.69, 9.17) is 11.6 Å². The number of hydrogen-bond donors (Lipinski definition) is 3. The maximum absolute atomic E-state index is 13.6. The molecule has 35 heavy (non-hydrogen) atoms. The fraction of sp³-hybridized carbons (Fsp3) is 0.480. The van der Waals surface area contributed by atoms with Gasteiger partial charge in [-0.25, -0.2) is 17.2 Å². The summed E-state index contributed by atoms with van der Waals surface area (Å²) in [5.41, 5.74) is -2.20. The van der Waals surface area contributed by atoms with Gasteiger partial charge in [0, 0.05) is 23.7 Å². The van der Waals surface area contributed by atoms with Gasteiger partial charge in [-0.15, -0.1) is 0 Å². The Hall–Kier alpha value is -2.07. The normalized spacial score (nSPS) is 26.5. The molecule has 1 amide bonds. The first-order valence-electron chi connectivity index (χ1n) is 11.5. The highest BCUT2D eigenvalue weighted by Gasteiger charge is 2.56. The minimum atomic E-state index is -3.95. The van der Waals surface area contributed by atoms with Crippen molar-refractivity contribution in [3.8, 4) is 0 Å². The van der Waals surface area contributed by atoms with Crippen LogP contribution in [-0.4, -0.2) is 41.0 Å². The molecule has 2 saturated carbocycles. The molecule has 2 atom stereocenters. The molecule has 190 valence electrons. The highest BCUT2D eigenvalue weighted by molar-refractivity contribution is 7.92. The summed E-state index contributed by atoms with van der Waals surface area (Å²) in [7, 11) is -3.95. The van der Waals surface area contributed by atoms with Crippen molar-refractivity contribution in [3.63, 3.8) is 0 Å². The van der Waals surface area contributed by atoms with E-state index in [0.717, 1.165) is 12.1 Å². The Bertz CT molecular complexity index is 1250. The number of hydrogen-bond acceptors (Lipinski definition) is 5. The lowest BCUT2D eigenvalue weighted by Gasteiger charge is -2.45. The molecule has 2 aromatic carbocycles. The lowest BCUT2D eigenvalue weighted by atomic mass is 9.69. The molecular formula is C25H28ClF2NO5S. The van der Waals surface area contributed by atoms with Crippen molar-refractivity contribution in [2.75, 3.05) is 5.32 Å². The maximum atomic E-state index is 13.6. The van der Waals surface area contributed by atoms with Crippen LogP contribution in [0.4, 0.5) is 14.5 Å². The molecule has 2 fully saturated rings. The number of sulfone groups is 1. The summed E-state index contributed by atoms with van der Waals surface area (Å²) in [4.78, 5) is 12.5. The van der Waals surface area contributed by atoms with Crippen LogP contribution in [-0.2, 0) is 9.84 Å². The van der Waals surface area contributed by atoms with Crippen molar-refractivity contribution in [2.24, 2.45) is 11.8 Å². The number of halogens is 3. The molecular weight excluding hydrogens is 500 g/mol. The van der Waals surface area contributed by atoms with Crippen molar-refractivity contribution >= 4 is 33.0 Å². The summed E-state index contributed by atoms with van der Waals surface area (Å²) in [5, 5.41) is 23.2. The Morgan fingerprint density at radius 2 is 1.74 bits per heavy atom. The molecule has 0 aromatic heterocycles. The molecule has 2 aliphatic rings. The van der Waals surface area contributed by atoms with Crippen LogP contribution in [0.15, 0.2) is 41.3 Å². The third kappa shape index (κ3) is 5.09. The van der Waals surface area contributed by atoms with E-state index in [2.05, 4.69) is 5.32 Å². The average molecular weight is 528 g/mol. The lowest BCUT2D eigenvalue weighted by molar-refractivity contribution is -0.109. The van der Waals surface area contributed by atoms with Gasteiger partial charge in [0.25, 0.3) is 5.91 Å². The third-order valence-electron chi connectivity index (χ3n) is 7.20. The van der Waals surface area contributed by atoms with Crippen molar-refractivity contribution in [2.45, 2.75) is 67.3 Å². The van der Waals surface area contributed by atoms with E-state index in [0.29, 0.717) is 12.8 Å². The minimum Gasteiger partial charge on any atom is -0.390 e. The molecule has 2 aromatic rings. The van der Waals surface area contributed by atoms with E-state index in [1.165, 1.54) is 24.3 Å². The van der Waals surface area contributed by atoms with Crippen LogP contribution in [0.25, 0.3) is 0 Å². The van der Waals surface area contributed by atoms with E-state index < -0.39 is 43.8 Å². The molecule has 0 heterocycles. The molecule has 0 radical (unpaired) electrons. The molecule has 2 unspecified atom stereocenters. The summed E-state index contributed by atoms with van der Waals surface area (Å²) in [6, 6.07) is 6.75. The molecule has 3 N–H and O–H groups in total. The zero-order valence-electron chi connectivity index (χ0n) is 19.4. The average Bonchev–Trinajstić information content (AvgIpc) is 2.92. The number of aliphatic hydroxyl groups is 2. The predicted octanol–water partition coefficient (Wildman–Crippen LogP) is 4.72. The first-order chi connectivity index (χ1) is 16.2. The van der Waals surface area contributed by atoms with Gasteiger partial charge in [0.05, 0.1) is 26.4 Å². The maximum Gasteiger partial charge on any atom is 0.255 e. The third-order valence-corrected chi connectivity index (χ3v) is 9.86. The van der Waals surface area contributed by atoms with Crippen LogP contribution in [0.5, 0.6) is 0 Å². The summed E-state index contributed by atoms with van der Waals surface area (Å²) in [6.07, 6.45) is 1.98. The number of amides is 1. The number of fused-ring (bicyclic) bond motifs is 2. The highest BCUT2D eigenvalue weighted by Crippen LogP contribution is 2.54. The van der Waals surface area contributed by atoms with Gasteiger partial charge in [0.15, 0.2) is 21.5 Å². The number of rotatable bonds is 6. The summed E-state index contributed by atoms with van der Waals surface area (Å²) in [6.45, 7) is 3.26. The minimum absolute atomic E-state index is 0.00461. The second kappa shape index (κ2) is 9.10. The fourth-order valence-corrected chi connectivity index (χ4v) is 8.07. The Kier molecular flexibility index (Phi) is 6.76. The van der Waals surface area contributed by atoms with Gasteiger partial charge >= 0.3 is 0 Å². The van der Waals surface area contributed by atoms with Gasteiger partial charge in [-0.2, -0.15) is 0 Å². The van der Waals surface area contributed by atoms with Crippen molar-refractivity contribution in [1.29, 1.82) is 0 Å². The van der Waals surface area contributed by atoms with Crippen LogP contribution in [0.3, 0.4) is 0 Å². The standard InChI is InChI=1S/C25H28ClF2NO5S/c1-24(2,31)13-25(32)15-4-5-16(25)11-18(10-15)35(33,34)22-9-14(3-7-19(22)26)23(30)29-17-6-8-20(27)21(28)12-17/h3,6-9,12,15-16,18,31-32H,4-5,10-11,13H2,1-2H3,(H,29,30)/t15?,16?,18-,25-. The first-order valence-corrected chi connectivity index (χ1v) is 13.4. The van der Waals surface area contributed by atoms with Crippen molar-refractivity contribution in [1.82, 2.24) is 0 Å². The second-order valence-corrected chi connectivity index (χ2v) is 12.9. The lowest BCUT2D eigenvalue weighted by Crippen LogP contribution is -2.51. The van der Waals surface area contributed by atoms with Gasteiger partial charge in [0.1, 0.15) is 0 Å². The van der Waals surface area contributed by atoms with Crippen molar-refractivity contribution < 1.29 is 32.2 Å². The molecule has 2 aliphatic carbocycles. The fourth-order valence-electron chi connectivity index (χ4n) is 5.66. The van der Waals surface area contributed by atoms with E-state index in [-0.39, 0.29) is 52.3 Å². The number of carbonyl (C=O) groups excluding carboxylic acids is 1. The van der Waals surface area contributed by atoms with E-state index in [1.54, 1.807) is 13.8 Å². The summed E-state index contributed by atoms with van der Waals surface area (Å²) >= 11 is 6.25. The van der Waals surface area contributed by atoms with Crippen LogP contribution in [0.1, 0.15) is 56.3 Å². The van der Waals surface area contributed by atoms with E-state index in [1.807, 2.05) is 0 Å². The van der Waals surface area contributed by atoms with Crippen LogP contribution in [0.2, 0.25) is 5.02 Å². The largest absolute Gasteiger partial charge is 0.390 e. The molecule has 0 aliphatic heterocycles. The van der Waals surface area contributed by atoms with Crippen LogP contribution < -0.4 is 5.32 Å². The van der Waals surface area contributed by atoms with E-state index in [9.17, 15) is 32.2 Å². The smallest absolute Gasteiger partial charge is 0.255 e. The number of anilines is 1. The number of carbonyl (C=O) groups is 1. The summed E-state index contributed by atoms with van der Waals surface area (Å²) in [5.74, 6) is -3.43. The Morgan fingerprint density at radius 3 is 2.31 bits per heavy atom. The first kappa shape index (κ1) is 26.0. The zero-order chi connectivity index (χ0) is 25.8. The SMILES string of the molecule is CC(C)(O)C[C@]1(O)C2CCC1C[C@@H](S(=O)(=O)c1cc(C(=O)Nc3ccc(F)c(F)c3)ccc1Cl)C2. The van der Waals surface area contributed by atoms with Gasteiger partial charge in [-0.3, -0.25) is 4.79 Å². The molecule has 6 nitrogen and oxygen atoms in total. The second-order valence-electron chi connectivity index (χ2n) is 10.3. The highest BCUT2D eigenvalue weighted by atomic mass is 35.5. The van der Waals surface area contributed by atoms with Crippen LogP contribution >= 0.6 is 11.6 Å². The molecule has 0 saturated heterocycles. The van der Waals surface area contributed by atoms with Gasteiger partial charge in [0.2, 0.25) is 0 Å². The summed E-state index contributed by atoms with van der Waals surface area (Å²) < 4.78 is 53.8. The zero-order valence-corrected chi connectivity index (χ0v) is 21.0. The van der Waals surface area contributed by atoms with Gasteiger partial charge in [-0.05, 0) is 81.7 Å².